The molecule has 1 fully saturated rings. The molecule has 21 heavy (non-hydrogen) atoms. The number of hydrogen-bond donors (Lipinski definition) is 2. The number of carbonyl (C=O) groups excluding carboxylic acids is 1. The normalized spacial score (nSPS) is 16.4. The van der Waals surface area contributed by atoms with Gasteiger partial charge in [0.1, 0.15) is 11.4 Å². The number of phenols is 1. The quantitative estimate of drug-likeness (QED) is 0.894. The Hall–Kier alpha value is -1.75. The number of nitrogens with two attached hydrogens (primary N) is 1. The van der Waals surface area contributed by atoms with Gasteiger partial charge in [0.05, 0.1) is 0 Å². The van der Waals surface area contributed by atoms with Crippen LogP contribution < -0.4 is 10.6 Å². The Bertz CT molecular complexity index is 501. The van der Waals surface area contributed by atoms with Gasteiger partial charge in [-0.1, -0.05) is 0 Å². The summed E-state index contributed by atoms with van der Waals surface area (Å²) in [5.74, 6) is 0.169. The summed E-state index contributed by atoms with van der Waals surface area (Å²) in [6, 6.07) is 6.56. The van der Waals surface area contributed by atoms with Gasteiger partial charge >= 0.3 is 6.09 Å². The van der Waals surface area contributed by atoms with Crippen molar-refractivity contribution in [1.29, 1.82) is 0 Å². The molecule has 0 atom stereocenters. The second-order valence-electron chi connectivity index (χ2n) is 6.79. The van der Waals surface area contributed by atoms with Crippen molar-refractivity contribution in [3.8, 4) is 5.75 Å². The van der Waals surface area contributed by atoms with Gasteiger partial charge in [-0.2, -0.15) is 0 Å². The van der Waals surface area contributed by atoms with Crippen molar-refractivity contribution in [2.24, 2.45) is 11.1 Å². The fourth-order valence-electron chi connectivity index (χ4n) is 2.15. The van der Waals surface area contributed by atoms with Gasteiger partial charge in [0.25, 0.3) is 0 Å². The van der Waals surface area contributed by atoms with Crippen molar-refractivity contribution in [2.45, 2.75) is 39.2 Å². The Morgan fingerprint density at radius 1 is 1.33 bits per heavy atom. The maximum absolute atomic E-state index is 12.5. The minimum atomic E-state index is -0.550. The molecule has 1 saturated carbocycles. The van der Waals surface area contributed by atoms with E-state index in [0.29, 0.717) is 18.8 Å². The standard InChI is InChI=1S/C16H24N2O3/c1-15(2,3)21-14(20)18(11-16(10-17)8-9-16)12-4-6-13(19)7-5-12/h4-7,19H,8-11,17H2,1-3H3. The Labute approximate surface area is 125 Å². The lowest BCUT2D eigenvalue weighted by Crippen LogP contribution is -2.42. The van der Waals surface area contributed by atoms with E-state index in [9.17, 15) is 9.90 Å². The van der Waals surface area contributed by atoms with Crippen LogP contribution in [0.15, 0.2) is 24.3 Å². The molecule has 1 aliphatic rings. The average molecular weight is 292 g/mol. The SMILES string of the molecule is CC(C)(C)OC(=O)N(CC1(CN)CC1)c1ccc(O)cc1. The Morgan fingerprint density at radius 3 is 2.33 bits per heavy atom. The van der Waals surface area contributed by atoms with E-state index < -0.39 is 5.60 Å². The van der Waals surface area contributed by atoms with Crippen molar-refractivity contribution >= 4 is 11.8 Å². The third kappa shape index (κ3) is 4.11. The molecule has 0 saturated heterocycles. The predicted octanol–water partition coefficient (Wildman–Crippen LogP) is 2.87. The van der Waals surface area contributed by atoms with E-state index in [1.807, 2.05) is 20.8 Å². The molecule has 5 heteroatoms. The summed E-state index contributed by atoms with van der Waals surface area (Å²) in [4.78, 5) is 14.1. The van der Waals surface area contributed by atoms with Crippen LogP contribution in [0.3, 0.4) is 0 Å². The largest absolute Gasteiger partial charge is 0.508 e. The first-order valence-corrected chi connectivity index (χ1v) is 7.24. The molecule has 2 rings (SSSR count). The van der Waals surface area contributed by atoms with Crippen molar-refractivity contribution in [3.63, 3.8) is 0 Å². The van der Waals surface area contributed by atoms with Gasteiger partial charge in [-0.3, -0.25) is 4.90 Å². The fraction of sp³-hybridized carbons (Fsp3) is 0.562. The van der Waals surface area contributed by atoms with Crippen LogP contribution in [0.25, 0.3) is 0 Å². The van der Waals surface area contributed by atoms with Gasteiger partial charge in [0, 0.05) is 17.6 Å². The molecule has 1 aromatic rings. The number of phenolic OH excluding ortho intramolecular Hbond substituents is 1. The third-order valence-electron chi connectivity index (χ3n) is 3.66. The number of amides is 1. The molecule has 0 radical (unpaired) electrons. The Kier molecular flexibility index (Phi) is 4.14. The van der Waals surface area contributed by atoms with Crippen molar-refractivity contribution < 1.29 is 14.6 Å². The number of benzene rings is 1. The molecule has 116 valence electrons. The number of anilines is 1. The van der Waals surface area contributed by atoms with E-state index in [1.54, 1.807) is 29.2 Å². The molecule has 0 heterocycles. The van der Waals surface area contributed by atoms with E-state index in [1.165, 1.54) is 0 Å². The van der Waals surface area contributed by atoms with Gasteiger partial charge in [-0.25, -0.2) is 4.79 Å². The molecule has 0 aliphatic heterocycles. The number of rotatable bonds is 4. The van der Waals surface area contributed by atoms with E-state index in [0.717, 1.165) is 12.8 Å². The first-order valence-electron chi connectivity index (χ1n) is 7.24. The molecule has 0 bridgehead atoms. The zero-order valence-corrected chi connectivity index (χ0v) is 12.9. The molecule has 1 amide bonds. The first kappa shape index (κ1) is 15.6. The number of hydrogen-bond acceptors (Lipinski definition) is 4. The third-order valence-corrected chi connectivity index (χ3v) is 3.66. The molecule has 0 spiro atoms. The lowest BCUT2D eigenvalue weighted by atomic mass is 10.1. The van der Waals surface area contributed by atoms with Gasteiger partial charge in [-0.05, 0) is 64.4 Å². The number of nitrogens with zero attached hydrogens (tertiary/aromatic N) is 1. The van der Waals surface area contributed by atoms with Gasteiger partial charge in [0.2, 0.25) is 0 Å². The minimum Gasteiger partial charge on any atom is -0.508 e. The molecular formula is C16H24N2O3. The molecule has 1 aliphatic carbocycles. The van der Waals surface area contributed by atoms with E-state index in [4.69, 9.17) is 10.5 Å². The zero-order valence-electron chi connectivity index (χ0n) is 12.9. The summed E-state index contributed by atoms with van der Waals surface area (Å²) in [6.45, 7) is 6.63. The summed E-state index contributed by atoms with van der Waals surface area (Å²) < 4.78 is 5.49. The van der Waals surface area contributed by atoms with Crippen molar-refractivity contribution in [2.75, 3.05) is 18.0 Å². The second kappa shape index (κ2) is 5.56. The van der Waals surface area contributed by atoms with E-state index in [2.05, 4.69) is 0 Å². The topological polar surface area (TPSA) is 75.8 Å². The Balaban J connectivity index is 2.21. The second-order valence-corrected chi connectivity index (χ2v) is 6.79. The fourth-order valence-corrected chi connectivity index (χ4v) is 2.15. The smallest absolute Gasteiger partial charge is 0.414 e. The number of aromatic hydroxyl groups is 1. The molecule has 1 aromatic carbocycles. The van der Waals surface area contributed by atoms with E-state index in [-0.39, 0.29) is 17.3 Å². The van der Waals surface area contributed by atoms with Gasteiger partial charge in [-0.15, -0.1) is 0 Å². The maximum Gasteiger partial charge on any atom is 0.414 e. The van der Waals surface area contributed by atoms with Crippen LogP contribution in [0.4, 0.5) is 10.5 Å². The van der Waals surface area contributed by atoms with Crippen LogP contribution in [0.5, 0.6) is 5.75 Å². The minimum absolute atomic E-state index is 0.00872. The summed E-state index contributed by atoms with van der Waals surface area (Å²) in [7, 11) is 0. The highest BCUT2D eigenvalue weighted by atomic mass is 16.6. The molecule has 5 nitrogen and oxygen atoms in total. The van der Waals surface area contributed by atoms with Crippen molar-refractivity contribution in [3.05, 3.63) is 24.3 Å². The van der Waals surface area contributed by atoms with Gasteiger partial charge in [0.15, 0.2) is 0 Å². The Morgan fingerprint density at radius 2 is 1.90 bits per heavy atom. The monoisotopic (exact) mass is 292 g/mol. The average Bonchev–Trinajstić information content (AvgIpc) is 3.16. The summed E-state index contributed by atoms with van der Waals surface area (Å²) in [6.07, 6.45) is 1.68. The zero-order chi connectivity index (χ0) is 15.7. The van der Waals surface area contributed by atoms with Crippen molar-refractivity contribution in [1.82, 2.24) is 0 Å². The predicted molar refractivity (Wildman–Crippen MR) is 82.4 cm³/mol. The lowest BCUT2D eigenvalue weighted by Gasteiger charge is -2.30. The highest BCUT2D eigenvalue weighted by Crippen LogP contribution is 2.46. The number of carbonyl (C=O) groups is 1. The number of ether oxygens (including phenoxy) is 1. The summed E-state index contributed by atoms with van der Waals surface area (Å²) >= 11 is 0. The highest BCUT2D eigenvalue weighted by Gasteiger charge is 2.44. The summed E-state index contributed by atoms with van der Waals surface area (Å²) in [5.41, 5.74) is 6.00. The molecule has 0 unspecified atom stereocenters. The first-order chi connectivity index (χ1) is 9.75. The van der Waals surface area contributed by atoms with Crippen LogP contribution in [0.2, 0.25) is 0 Å². The van der Waals surface area contributed by atoms with Crippen LogP contribution in [-0.4, -0.2) is 29.9 Å². The van der Waals surface area contributed by atoms with Gasteiger partial charge < -0.3 is 15.6 Å². The summed E-state index contributed by atoms with van der Waals surface area (Å²) in [5, 5.41) is 9.40. The molecule has 0 aromatic heterocycles. The molecular weight excluding hydrogens is 268 g/mol. The lowest BCUT2D eigenvalue weighted by molar-refractivity contribution is 0.0573. The highest BCUT2D eigenvalue weighted by molar-refractivity contribution is 5.88. The van der Waals surface area contributed by atoms with Crippen LogP contribution in [0.1, 0.15) is 33.6 Å². The van der Waals surface area contributed by atoms with E-state index >= 15 is 0 Å². The van der Waals surface area contributed by atoms with Crippen LogP contribution in [0, 0.1) is 5.41 Å². The maximum atomic E-state index is 12.5. The van der Waals surface area contributed by atoms with Crippen LogP contribution in [-0.2, 0) is 4.74 Å². The molecule has 3 N–H and O–H groups in total. The van der Waals surface area contributed by atoms with Crippen LogP contribution >= 0.6 is 0 Å².